The number of nitrogens with one attached hydrogen (secondary N) is 1. The standard InChI is InChI=1S/C13H26N2O2/c1-10(2)6-13(17)15-8-11(4-5-16)7-12(9-15)14-3/h10-12,14,16H,4-9H2,1-3H3. The van der Waals surface area contributed by atoms with E-state index in [1.54, 1.807) is 0 Å². The molecule has 0 saturated carbocycles. The fourth-order valence-corrected chi connectivity index (χ4v) is 2.49. The van der Waals surface area contributed by atoms with Gasteiger partial charge in [0, 0.05) is 32.2 Å². The molecular weight excluding hydrogens is 216 g/mol. The molecule has 4 nitrogen and oxygen atoms in total. The van der Waals surface area contributed by atoms with E-state index < -0.39 is 0 Å². The minimum Gasteiger partial charge on any atom is -0.396 e. The topological polar surface area (TPSA) is 52.6 Å². The lowest BCUT2D eigenvalue weighted by Crippen LogP contribution is -2.50. The number of likely N-dealkylation sites (N-methyl/N-ethyl adjacent to an activating group) is 1. The summed E-state index contributed by atoms with van der Waals surface area (Å²) >= 11 is 0. The maximum absolute atomic E-state index is 12.1. The summed E-state index contributed by atoms with van der Waals surface area (Å²) in [6, 6.07) is 0.372. The second-order valence-corrected chi connectivity index (χ2v) is 5.50. The highest BCUT2D eigenvalue weighted by molar-refractivity contribution is 5.76. The number of rotatable bonds is 5. The molecule has 4 heteroatoms. The van der Waals surface area contributed by atoms with E-state index >= 15 is 0 Å². The zero-order valence-electron chi connectivity index (χ0n) is 11.3. The Kier molecular flexibility index (Phi) is 5.92. The van der Waals surface area contributed by atoms with Crippen LogP contribution in [0.3, 0.4) is 0 Å². The van der Waals surface area contributed by atoms with Crippen molar-refractivity contribution < 1.29 is 9.90 Å². The minimum absolute atomic E-state index is 0.216. The average molecular weight is 242 g/mol. The van der Waals surface area contributed by atoms with E-state index in [0.717, 1.165) is 25.9 Å². The van der Waals surface area contributed by atoms with Gasteiger partial charge in [-0.2, -0.15) is 0 Å². The molecule has 2 atom stereocenters. The number of nitrogens with zero attached hydrogens (tertiary/aromatic N) is 1. The number of likely N-dealkylation sites (tertiary alicyclic amines) is 1. The van der Waals surface area contributed by atoms with Gasteiger partial charge in [-0.15, -0.1) is 0 Å². The zero-order valence-corrected chi connectivity index (χ0v) is 11.3. The average Bonchev–Trinajstić information content (AvgIpc) is 2.28. The lowest BCUT2D eigenvalue weighted by Gasteiger charge is -2.38. The molecule has 1 aliphatic heterocycles. The molecule has 100 valence electrons. The number of hydrogen-bond acceptors (Lipinski definition) is 3. The molecule has 2 unspecified atom stereocenters. The molecule has 1 rings (SSSR count). The second kappa shape index (κ2) is 6.97. The van der Waals surface area contributed by atoms with Crippen LogP contribution in [0.2, 0.25) is 0 Å². The highest BCUT2D eigenvalue weighted by Gasteiger charge is 2.28. The van der Waals surface area contributed by atoms with E-state index in [1.807, 2.05) is 11.9 Å². The van der Waals surface area contributed by atoms with Gasteiger partial charge in [-0.25, -0.2) is 0 Å². The van der Waals surface area contributed by atoms with Crippen LogP contribution < -0.4 is 5.32 Å². The number of carbonyl (C=O) groups is 1. The molecule has 2 N–H and O–H groups in total. The summed E-state index contributed by atoms with van der Waals surface area (Å²) in [5.41, 5.74) is 0. The molecule has 0 aliphatic carbocycles. The SMILES string of the molecule is CNC1CC(CCO)CN(C(=O)CC(C)C)C1. The molecule has 0 radical (unpaired) electrons. The van der Waals surface area contributed by atoms with Crippen molar-refractivity contribution in [3.63, 3.8) is 0 Å². The fraction of sp³-hybridized carbons (Fsp3) is 0.923. The van der Waals surface area contributed by atoms with Crippen LogP contribution in [0, 0.1) is 11.8 Å². The van der Waals surface area contributed by atoms with Crippen molar-refractivity contribution in [1.29, 1.82) is 0 Å². The quantitative estimate of drug-likeness (QED) is 0.751. The van der Waals surface area contributed by atoms with Gasteiger partial charge in [-0.3, -0.25) is 4.79 Å². The van der Waals surface area contributed by atoms with Gasteiger partial charge in [0.25, 0.3) is 0 Å². The summed E-state index contributed by atoms with van der Waals surface area (Å²) in [6.45, 7) is 5.98. The maximum atomic E-state index is 12.1. The van der Waals surface area contributed by atoms with Crippen LogP contribution in [0.1, 0.15) is 33.1 Å². The third kappa shape index (κ3) is 4.64. The molecule has 0 aromatic heterocycles. The van der Waals surface area contributed by atoms with Crippen LogP contribution in [0.5, 0.6) is 0 Å². The highest BCUT2D eigenvalue weighted by Crippen LogP contribution is 2.21. The minimum atomic E-state index is 0.216. The van der Waals surface area contributed by atoms with Crippen LogP contribution in [-0.4, -0.2) is 48.7 Å². The van der Waals surface area contributed by atoms with Gasteiger partial charge in [-0.1, -0.05) is 13.8 Å². The molecule has 0 aromatic rings. The Hall–Kier alpha value is -0.610. The van der Waals surface area contributed by atoms with Crippen LogP contribution in [0.15, 0.2) is 0 Å². The Balaban J connectivity index is 2.55. The van der Waals surface area contributed by atoms with Gasteiger partial charge in [0.05, 0.1) is 0 Å². The molecule has 17 heavy (non-hydrogen) atoms. The molecule has 0 bridgehead atoms. The Morgan fingerprint density at radius 1 is 1.47 bits per heavy atom. The number of amides is 1. The summed E-state index contributed by atoms with van der Waals surface area (Å²) in [5, 5.41) is 12.3. The van der Waals surface area contributed by atoms with Gasteiger partial charge in [0.15, 0.2) is 0 Å². The van der Waals surface area contributed by atoms with Crippen LogP contribution in [-0.2, 0) is 4.79 Å². The van der Waals surface area contributed by atoms with Crippen molar-refractivity contribution >= 4 is 5.91 Å². The molecule has 1 saturated heterocycles. The number of aliphatic hydroxyl groups excluding tert-OH is 1. The molecule has 0 aromatic carbocycles. The first kappa shape index (κ1) is 14.5. The van der Waals surface area contributed by atoms with Crippen molar-refractivity contribution in [2.24, 2.45) is 11.8 Å². The summed E-state index contributed by atoms with van der Waals surface area (Å²) in [7, 11) is 1.94. The molecule has 1 aliphatic rings. The molecule has 1 heterocycles. The highest BCUT2D eigenvalue weighted by atomic mass is 16.3. The second-order valence-electron chi connectivity index (χ2n) is 5.50. The van der Waals surface area contributed by atoms with Gasteiger partial charge in [0.2, 0.25) is 5.91 Å². The number of aliphatic hydroxyl groups is 1. The largest absolute Gasteiger partial charge is 0.396 e. The number of piperidine rings is 1. The van der Waals surface area contributed by atoms with E-state index in [1.165, 1.54) is 0 Å². The van der Waals surface area contributed by atoms with E-state index in [0.29, 0.717) is 24.3 Å². The summed E-state index contributed by atoms with van der Waals surface area (Å²) in [4.78, 5) is 14.0. The fourth-order valence-electron chi connectivity index (χ4n) is 2.49. The van der Waals surface area contributed by atoms with Crippen molar-refractivity contribution in [3.05, 3.63) is 0 Å². The van der Waals surface area contributed by atoms with Crippen molar-refractivity contribution in [3.8, 4) is 0 Å². The van der Waals surface area contributed by atoms with Gasteiger partial charge >= 0.3 is 0 Å². The smallest absolute Gasteiger partial charge is 0.222 e. The molecular formula is C13H26N2O2. The lowest BCUT2D eigenvalue weighted by atomic mass is 9.91. The van der Waals surface area contributed by atoms with Crippen LogP contribution in [0.4, 0.5) is 0 Å². The van der Waals surface area contributed by atoms with E-state index in [4.69, 9.17) is 5.11 Å². The van der Waals surface area contributed by atoms with Crippen molar-refractivity contribution in [2.75, 3.05) is 26.7 Å². The predicted molar refractivity (Wildman–Crippen MR) is 68.7 cm³/mol. The van der Waals surface area contributed by atoms with Crippen LogP contribution >= 0.6 is 0 Å². The first-order valence-electron chi connectivity index (χ1n) is 6.62. The van der Waals surface area contributed by atoms with Crippen LogP contribution in [0.25, 0.3) is 0 Å². The Labute approximate surface area is 104 Å². The predicted octanol–water partition coefficient (Wildman–Crippen LogP) is 0.851. The van der Waals surface area contributed by atoms with Gasteiger partial charge in [-0.05, 0) is 31.7 Å². The van der Waals surface area contributed by atoms with Gasteiger partial charge < -0.3 is 15.3 Å². The van der Waals surface area contributed by atoms with E-state index in [9.17, 15) is 4.79 Å². The monoisotopic (exact) mass is 242 g/mol. The first-order valence-corrected chi connectivity index (χ1v) is 6.62. The third-order valence-corrected chi connectivity index (χ3v) is 3.42. The summed E-state index contributed by atoms with van der Waals surface area (Å²) in [5.74, 6) is 1.10. The number of hydrogen-bond donors (Lipinski definition) is 2. The van der Waals surface area contributed by atoms with E-state index in [2.05, 4.69) is 19.2 Å². The zero-order chi connectivity index (χ0) is 12.8. The lowest BCUT2D eigenvalue weighted by molar-refractivity contribution is -0.134. The Bertz CT molecular complexity index is 244. The molecule has 1 fully saturated rings. The summed E-state index contributed by atoms with van der Waals surface area (Å²) < 4.78 is 0. The summed E-state index contributed by atoms with van der Waals surface area (Å²) in [6.07, 6.45) is 2.48. The maximum Gasteiger partial charge on any atom is 0.222 e. The van der Waals surface area contributed by atoms with Gasteiger partial charge in [0.1, 0.15) is 0 Å². The first-order chi connectivity index (χ1) is 8.06. The molecule has 1 amide bonds. The molecule has 0 spiro atoms. The van der Waals surface area contributed by atoms with Crippen molar-refractivity contribution in [2.45, 2.75) is 39.2 Å². The normalized spacial score (nSPS) is 25.4. The Morgan fingerprint density at radius 2 is 2.18 bits per heavy atom. The number of carbonyl (C=O) groups excluding carboxylic acids is 1. The van der Waals surface area contributed by atoms with E-state index in [-0.39, 0.29) is 12.5 Å². The Morgan fingerprint density at radius 3 is 2.71 bits per heavy atom. The van der Waals surface area contributed by atoms with Crippen molar-refractivity contribution in [1.82, 2.24) is 10.2 Å². The third-order valence-electron chi connectivity index (χ3n) is 3.42.